The van der Waals surface area contributed by atoms with Gasteiger partial charge in [0.15, 0.2) is 0 Å². The van der Waals surface area contributed by atoms with Crippen molar-refractivity contribution in [2.24, 2.45) is 0 Å². The highest BCUT2D eigenvalue weighted by atomic mass is 35.5. The van der Waals surface area contributed by atoms with Gasteiger partial charge in [0.05, 0.1) is 17.6 Å². The molecular formula is C15H16ClN3O3. The third-order valence-corrected chi connectivity index (χ3v) is 3.47. The number of hydrogen-bond acceptors (Lipinski definition) is 5. The molecule has 0 bridgehead atoms. The number of nitrogens with zero attached hydrogens (tertiary/aromatic N) is 2. The fourth-order valence-corrected chi connectivity index (χ4v) is 2.23. The quantitative estimate of drug-likeness (QED) is 0.630. The van der Waals surface area contributed by atoms with Crippen LogP contribution >= 0.6 is 11.6 Å². The molecule has 0 saturated heterocycles. The van der Waals surface area contributed by atoms with Crippen molar-refractivity contribution in [3.63, 3.8) is 0 Å². The van der Waals surface area contributed by atoms with Gasteiger partial charge in [-0.2, -0.15) is 0 Å². The van der Waals surface area contributed by atoms with Crippen molar-refractivity contribution in [3.8, 4) is 0 Å². The van der Waals surface area contributed by atoms with Gasteiger partial charge in [0, 0.05) is 11.1 Å². The summed E-state index contributed by atoms with van der Waals surface area (Å²) in [7, 11) is 0. The molecule has 2 aromatic rings. The van der Waals surface area contributed by atoms with Gasteiger partial charge in [-0.15, -0.1) is 0 Å². The predicted octanol–water partition coefficient (Wildman–Crippen LogP) is 2.97. The lowest BCUT2D eigenvalue weighted by atomic mass is 10.1. The Hall–Kier alpha value is -2.18. The zero-order valence-corrected chi connectivity index (χ0v) is 12.7. The van der Waals surface area contributed by atoms with Crippen molar-refractivity contribution in [1.29, 1.82) is 0 Å². The Morgan fingerprint density at radius 3 is 2.55 bits per heavy atom. The maximum Gasteiger partial charge on any atom is 0.290 e. The van der Waals surface area contributed by atoms with Gasteiger partial charge >= 0.3 is 0 Å². The van der Waals surface area contributed by atoms with E-state index < -0.39 is 4.92 Å². The molecule has 2 N–H and O–H groups in total. The standard InChI is InChI=1S/C15H16ClN3O3/c1-10-14(19(21)22)6-7-15(17-10)18-13(9-20)8-11-2-4-12(16)5-3-11/h2-7,13,20H,8-9H2,1H3,(H,17,18). The number of nitro groups is 1. The van der Waals surface area contributed by atoms with Gasteiger partial charge in [0.1, 0.15) is 11.5 Å². The minimum absolute atomic E-state index is 0.0243. The number of aliphatic hydroxyl groups is 1. The van der Waals surface area contributed by atoms with Crippen LogP contribution in [-0.4, -0.2) is 27.7 Å². The van der Waals surface area contributed by atoms with Crippen molar-refractivity contribution in [2.45, 2.75) is 19.4 Å². The van der Waals surface area contributed by atoms with E-state index in [1.807, 2.05) is 12.1 Å². The molecule has 1 atom stereocenters. The van der Waals surface area contributed by atoms with Crippen molar-refractivity contribution in [1.82, 2.24) is 4.98 Å². The van der Waals surface area contributed by atoms with Crippen molar-refractivity contribution >= 4 is 23.1 Å². The van der Waals surface area contributed by atoms with Gasteiger partial charge in [-0.05, 0) is 37.1 Å². The van der Waals surface area contributed by atoms with E-state index in [0.29, 0.717) is 23.0 Å². The summed E-state index contributed by atoms with van der Waals surface area (Å²) in [5.41, 5.74) is 1.33. The van der Waals surface area contributed by atoms with E-state index in [4.69, 9.17) is 11.6 Å². The highest BCUT2D eigenvalue weighted by Gasteiger charge is 2.14. The Kier molecular flexibility index (Phi) is 5.30. The summed E-state index contributed by atoms with van der Waals surface area (Å²) in [5, 5.41) is 24.0. The molecular weight excluding hydrogens is 306 g/mol. The average Bonchev–Trinajstić information content (AvgIpc) is 2.48. The van der Waals surface area contributed by atoms with E-state index in [2.05, 4.69) is 10.3 Å². The molecule has 1 unspecified atom stereocenters. The lowest BCUT2D eigenvalue weighted by molar-refractivity contribution is -0.385. The van der Waals surface area contributed by atoms with Gasteiger partial charge < -0.3 is 10.4 Å². The molecule has 0 aliphatic rings. The van der Waals surface area contributed by atoms with Crippen LogP contribution in [0.25, 0.3) is 0 Å². The van der Waals surface area contributed by atoms with Gasteiger partial charge in [-0.25, -0.2) is 4.98 Å². The fraction of sp³-hybridized carbons (Fsp3) is 0.267. The summed E-state index contributed by atoms with van der Waals surface area (Å²) in [4.78, 5) is 14.5. The minimum Gasteiger partial charge on any atom is -0.394 e. The van der Waals surface area contributed by atoms with Crippen LogP contribution in [0.3, 0.4) is 0 Å². The van der Waals surface area contributed by atoms with Crippen molar-refractivity contribution in [2.75, 3.05) is 11.9 Å². The smallest absolute Gasteiger partial charge is 0.290 e. The Morgan fingerprint density at radius 2 is 2.00 bits per heavy atom. The van der Waals surface area contributed by atoms with Crippen LogP contribution < -0.4 is 5.32 Å². The van der Waals surface area contributed by atoms with E-state index in [0.717, 1.165) is 5.56 Å². The first-order valence-corrected chi connectivity index (χ1v) is 7.11. The van der Waals surface area contributed by atoms with E-state index in [9.17, 15) is 15.2 Å². The molecule has 6 nitrogen and oxygen atoms in total. The summed E-state index contributed by atoms with van der Waals surface area (Å²) in [5.74, 6) is 0.496. The number of nitrogens with one attached hydrogen (secondary N) is 1. The minimum atomic E-state index is -0.469. The van der Waals surface area contributed by atoms with Crippen molar-refractivity contribution in [3.05, 3.63) is 62.8 Å². The Balaban J connectivity index is 2.08. The zero-order valence-electron chi connectivity index (χ0n) is 12.0. The highest BCUT2D eigenvalue weighted by molar-refractivity contribution is 6.30. The summed E-state index contributed by atoms with van der Waals surface area (Å²) in [6, 6.07) is 10.1. The normalized spacial score (nSPS) is 12.0. The van der Waals surface area contributed by atoms with Crippen LogP contribution in [0, 0.1) is 17.0 Å². The van der Waals surface area contributed by atoms with E-state index in [1.54, 1.807) is 19.1 Å². The van der Waals surface area contributed by atoms with E-state index in [-0.39, 0.29) is 18.3 Å². The summed E-state index contributed by atoms with van der Waals surface area (Å²) >= 11 is 5.84. The molecule has 0 aliphatic heterocycles. The number of halogens is 1. The molecule has 0 aliphatic carbocycles. The molecule has 0 spiro atoms. The molecule has 1 aromatic carbocycles. The first-order chi connectivity index (χ1) is 10.5. The number of benzene rings is 1. The molecule has 1 aromatic heterocycles. The van der Waals surface area contributed by atoms with Crippen molar-refractivity contribution < 1.29 is 10.0 Å². The molecule has 7 heteroatoms. The van der Waals surface area contributed by atoms with Gasteiger partial charge in [0.25, 0.3) is 5.69 Å². The van der Waals surface area contributed by atoms with Crippen LogP contribution in [0.4, 0.5) is 11.5 Å². The maximum atomic E-state index is 10.8. The first-order valence-electron chi connectivity index (χ1n) is 6.73. The number of pyridine rings is 1. The van der Waals surface area contributed by atoms with Crippen LogP contribution in [0.15, 0.2) is 36.4 Å². The summed E-state index contributed by atoms with van der Waals surface area (Å²) < 4.78 is 0. The van der Waals surface area contributed by atoms with Gasteiger partial charge in [0.2, 0.25) is 0 Å². The molecule has 1 heterocycles. The van der Waals surface area contributed by atoms with Gasteiger partial charge in [-0.1, -0.05) is 23.7 Å². The lowest BCUT2D eigenvalue weighted by Crippen LogP contribution is -2.27. The topological polar surface area (TPSA) is 88.3 Å². The number of aromatic nitrogens is 1. The summed E-state index contributed by atoms with van der Waals surface area (Å²) in [6.07, 6.45) is 0.589. The number of rotatable bonds is 6. The molecule has 0 fully saturated rings. The predicted molar refractivity (Wildman–Crippen MR) is 85.3 cm³/mol. The molecule has 0 amide bonds. The number of hydrogen-bond donors (Lipinski definition) is 2. The average molecular weight is 322 g/mol. The van der Waals surface area contributed by atoms with Crippen LogP contribution in [-0.2, 0) is 6.42 Å². The number of aliphatic hydroxyl groups excluding tert-OH is 1. The fourth-order valence-electron chi connectivity index (χ4n) is 2.10. The molecule has 22 heavy (non-hydrogen) atoms. The van der Waals surface area contributed by atoms with E-state index in [1.165, 1.54) is 12.1 Å². The number of aryl methyl sites for hydroxylation is 1. The van der Waals surface area contributed by atoms with Crippen LogP contribution in [0.2, 0.25) is 5.02 Å². The third kappa shape index (κ3) is 4.16. The molecule has 0 radical (unpaired) electrons. The second-order valence-electron chi connectivity index (χ2n) is 4.91. The highest BCUT2D eigenvalue weighted by Crippen LogP contribution is 2.19. The Labute approximate surface area is 132 Å². The molecule has 0 saturated carbocycles. The van der Waals surface area contributed by atoms with E-state index >= 15 is 0 Å². The van der Waals surface area contributed by atoms with Crippen LogP contribution in [0.1, 0.15) is 11.3 Å². The SMILES string of the molecule is Cc1nc(NC(CO)Cc2ccc(Cl)cc2)ccc1[N+](=O)[O-]. The second kappa shape index (κ2) is 7.20. The van der Waals surface area contributed by atoms with Crippen LogP contribution in [0.5, 0.6) is 0 Å². The van der Waals surface area contributed by atoms with Gasteiger partial charge in [-0.3, -0.25) is 10.1 Å². The number of anilines is 1. The zero-order chi connectivity index (χ0) is 16.1. The summed E-state index contributed by atoms with van der Waals surface area (Å²) in [6.45, 7) is 1.50. The third-order valence-electron chi connectivity index (χ3n) is 3.22. The monoisotopic (exact) mass is 321 g/mol. The molecule has 116 valence electrons. The lowest BCUT2D eigenvalue weighted by Gasteiger charge is -2.17. The second-order valence-corrected chi connectivity index (χ2v) is 5.35. The Morgan fingerprint density at radius 1 is 1.32 bits per heavy atom. The molecule has 2 rings (SSSR count). The Bertz CT molecular complexity index is 662. The largest absolute Gasteiger partial charge is 0.394 e. The maximum absolute atomic E-state index is 10.8. The first kappa shape index (κ1) is 16.2.